The molecular formula is C12H26N2S. The Kier molecular flexibility index (Phi) is 7.49. The van der Waals surface area contributed by atoms with Crippen LogP contribution in [0.2, 0.25) is 0 Å². The first-order chi connectivity index (χ1) is 7.36. The molecule has 2 nitrogen and oxygen atoms in total. The fraction of sp³-hybridized carbons (Fsp3) is 1.00. The van der Waals surface area contributed by atoms with Crippen LogP contribution in [0.4, 0.5) is 0 Å². The maximum atomic E-state index is 3.59. The Balaban J connectivity index is 1.95. The molecule has 1 rings (SSSR count). The summed E-state index contributed by atoms with van der Waals surface area (Å²) in [5.74, 6) is 3.46. The van der Waals surface area contributed by atoms with Crippen molar-refractivity contribution in [2.45, 2.75) is 39.2 Å². The number of thioether (sulfide) groups is 1. The minimum atomic E-state index is 0.748. The van der Waals surface area contributed by atoms with Crippen LogP contribution in [0, 0.1) is 5.92 Å². The molecule has 90 valence electrons. The van der Waals surface area contributed by atoms with Crippen molar-refractivity contribution in [3.63, 3.8) is 0 Å². The average molecular weight is 230 g/mol. The summed E-state index contributed by atoms with van der Waals surface area (Å²) < 4.78 is 0. The highest BCUT2D eigenvalue weighted by Crippen LogP contribution is 2.10. The lowest BCUT2D eigenvalue weighted by atomic mass is 10.0. The highest BCUT2D eigenvalue weighted by molar-refractivity contribution is 7.99. The molecule has 1 saturated heterocycles. The molecule has 0 spiro atoms. The van der Waals surface area contributed by atoms with Crippen molar-refractivity contribution in [3.8, 4) is 0 Å². The van der Waals surface area contributed by atoms with Gasteiger partial charge in [0.25, 0.3) is 0 Å². The first-order valence-corrected chi connectivity index (χ1v) is 7.54. The largest absolute Gasteiger partial charge is 0.316 e. The third-order valence-corrected chi connectivity index (χ3v) is 4.39. The van der Waals surface area contributed by atoms with Crippen LogP contribution in [0.3, 0.4) is 0 Å². The first-order valence-electron chi connectivity index (χ1n) is 6.38. The maximum Gasteiger partial charge on any atom is 0.0170 e. The fourth-order valence-electron chi connectivity index (χ4n) is 1.96. The Morgan fingerprint density at radius 3 is 2.80 bits per heavy atom. The Morgan fingerprint density at radius 2 is 2.20 bits per heavy atom. The summed E-state index contributed by atoms with van der Waals surface area (Å²) in [5, 5.41) is 7.16. The van der Waals surface area contributed by atoms with E-state index in [-0.39, 0.29) is 0 Å². The summed E-state index contributed by atoms with van der Waals surface area (Å²) in [5.41, 5.74) is 0. The van der Waals surface area contributed by atoms with Gasteiger partial charge in [-0.15, -0.1) is 0 Å². The van der Waals surface area contributed by atoms with E-state index in [9.17, 15) is 0 Å². The van der Waals surface area contributed by atoms with Gasteiger partial charge in [0.1, 0.15) is 0 Å². The van der Waals surface area contributed by atoms with Gasteiger partial charge in [0.05, 0.1) is 0 Å². The molecular weight excluding hydrogens is 204 g/mol. The van der Waals surface area contributed by atoms with Crippen molar-refractivity contribution < 1.29 is 0 Å². The highest BCUT2D eigenvalue weighted by atomic mass is 32.2. The van der Waals surface area contributed by atoms with Gasteiger partial charge in [0, 0.05) is 24.1 Å². The zero-order chi connectivity index (χ0) is 10.9. The van der Waals surface area contributed by atoms with Crippen molar-refractivity contribution in [3.05, 3.63) is 0 Å². The third-order valence-electron chi connectivity index (χ3n) is 3.26. The molecule has 3 heteroatoms. The number of hydrogen-bond acceptors (Lipinski definition) is 3. The summed E-state index contributed by atoms with van der Waals surface area (Å²) >= 11 is 2.09. The van der Waals surface area contributed by atoms with E-state index in [4.69, 9.17) is 0 Å². The molecule has 0 radical (unpaired) electrons. The molecule has 2 N–H and O–H groups in total. The Morgan fingerprint density at radius 1 is 1.40 bits per heavy atom. The molecule has 1 aliphatic heterocycles. The molecule has 1 heterocycles. The van der Waals surface area contributed by atoms with Crippen molar-refractivity contribution in [2.24, 2.45) is 5.92 Å². The number of nitrogens with one attached hydrogen (secondary N) is 2. The van der Waals surface area contributed by atoms with E-state index in [1.54, 1.807) is 0 Å². The quantitative estimate of drug-likeness (QED) is 0.655. The topological polar surface area (TPSA) is 24.1 Å². The number of hydrogen-bond donors (Lipinski definition) is 2. The van der Waals surface area contributed by atoms with E-state index >= 15 is 0 Å². The van der Waals surface area contributed by atoms with E-state index < -0.39 is 0 Å². The van der Waals surface area contributed by atoms with Crippen molar-refractivity contribution in [1.82, 2.24) is 10.6 Å². The molecule has 1 atom stereocenters. The predicted octanol–water partition coefficient (Wildman–Crippen LogP) is 2.11. The molecule has 0 aromatic carbocycles. The molecule has 0 bridgehead atoms. The minimum Gasteiger partial charge on any atom is -0.316 e. The SMILES string of the molecule is CCC(CC)CNCCC1CSCCN1. The van der Waals surface area contributed by atoms with Crippen LogP contribution in [-0.2, 0) is 0 Å². The van der Waals surface area contributed by atoms with Crippen LogP contribution in [0.1, 0.15) is 33.1 Å². The van der Waals surface area contributed by atoms with Crippen LogP contribution in [0.15, 0.2) is 0 Å². The molecule has 1 unspecified atom stereocenters. The van der Waals surface area contributed by atoms with Gasteiger partial charge in [-0.3, -0.25) is 0 Å². The lowest BCUT2D eigenvalue weighted by Crippen LogP contribution is -2.39. The van der Waals surface area contributed by atoms with Gasteiger partial charge in [-0.05, 0) is 25.4 Å². The third kappa shape index (κ3) is 5.79. The van der Waals surface area contributed by atoms with Gasteiger partial charge < -0.3 is 10.6 Å². The smallest absolute Gasteiger partial charge is 0.0170 e. The van der Waals surface area contributed by atoms with Crippen LogP contribution in [-0.4, -0.2) is 37.2 Å². The van der Waals surface area contributed by atoms with Crippen LogP contribution in [0.5, 0.6) is 0 Å². The molecule has 15 heavy (non-hydrogen) atoms. The summed E-state index contributed by atoms with van der Waals surface area (Å²) in [6.45, 7) is 8.15. The predicted molar refractivity (Wildman–Crippen MR) is 70.7 cm³/mol. The molecule has 1 fully saturated rings. The number of rotatable bonds is 7. The molecule has 0 aromatic heterocycles. The highest BCUT2D eigenvalue weighted by Gasteiger charge is 2.12. The van der Waals surface area contributed by atoms with E-state index in [1.807, 2.05) is 0 Å². The summed E-state index contributed by atoms with van der Waals surface area (Å²) in [6.07, 6.45) is 3.90. The average Bonchev–Trinajstić information content (AvgIpc) is 2.31. The Labute approximate surface area is 99.0 Å². The first kappa shape index (κ1) is 13.3. The normalized spacial score (nSPS) is 22.2. The van der Waals surface area contributed by atoms with Crippen LogP contribution >= 0.6 is 11.8 Å². The van der Waals surface area contributed by atoms with Crippen LogP contribution < -0.4 is 10.6 Å². The monoisotopic (exact) mass is 230 g/mol. The second-order valence-electron chi connectivity index (χ2n) is 4.40. The molecule has 1 aliphatic rings. The van der Waals surface area contributed by atoms with Gasteiger partial charge in [-0.1, -0.05) is 26.7 Å². The molecule has 0 aliphatic carbocycles. The molecule has 0 aromatic rings. The lowest BCUT2D eigenvalue weighted by Gasteiger charge is -2.23. The zero-order valence-corrected chi connectivity index (χ0v) is 11.0. The van der Waals surface area contributed by atoms with Crippen LogP contribution in [0.25, 0.3) is 0 Å². The van der Waals surface area contributed by atoms with Gasteiger partial charge in [-0.25, -0.2) is 0 Å². The fourth-order valence-corrected chi connectivity index (χ4v) is 2.96. The Bertz CT molecular complexity index is 143. The van der Waals surface area contributed by atoms with Crippen molar-refractivity contribution in [2.75, 3.05) is 31.1 Å². The second-order valence-corrected chi connectivity index (χ2v) is 5.55. The Hall–Kier alpha value is 0.270. The summed E-state index contributed by atoms with van der Waals surface area (Å²) in [6, 6.07) is 0.748. The van der Waals surface area contributed by atoms with Gasteiger partial charge in [0.2, 0.25) is 0 Å². The van der Waals surface area contributed by atoms with Gasteiger partial charge in [-0.2, -0.15) is 11.8 Å². The van der Waals surface area contributed by atoms with E-state index in [1.165, 1.54) is 50.4 Å². The van der Waals surface area contributed by atoms with E-state index in [0.717, 1.165) is 12.0 Å². The summed E-state index contributed by atoms with van der Waals surface area (Å²) in [7, 11) is 0. The van der Waals surface area contributed by atoms with E-state index in [0.29, 0.717) is 0 Å². The molecule has 0 saturated carbocycles. The summed E-state index contributed by atoms with van der Waals surface area (Å²) in [4.78, 5) is 0. The van der Waals surface area contributed by atoms with Crippen molar-refractivity contribution in [1.29, 1.82) is 0 Å². The second kappa shape index (κ2) is 8.43. The maximum absolute atomic E-state index is 3.59. The minimum absolute atomic E-state index is 0.748. The lowest BCUT2D eigenvalue weighted by molar-refractivity contribution is 0.431. The van der Waals surface area contributed by atoms with Gasteiger partial charge in [0.15, 0.2) is 0 Å². The zero-order valence-electron chi connectivity index (χ0n) is 10.2. The molecule has 0 amide bonds. The van der Waals surface area contributed by atoms with E-state index in [2.05, 4.69) is 36.2 Å². The van der Waals surface area contributed by atoms with Crippen molar-refractivity contribution >= 4 is 11.8 Å². The standard InChI is InChI=1S/C12H26N2S/c1-3-11(4-2)9-13-6-5-12-10-15-8-7-14-12/h11-14H,3-10H2,1-2H3. The van der Waals surface area contributed by atoms with Gasteiger partial charge >= 0.3 is 0 Å².